The Kier molecular flexibility index (Phi) is 5.56. The third-order valence-electron chi connectivity index (χ3n) is 4.39. The van der Waals surface area contributed by atoms with Gasteiger partial charge in [-0.3, -0.25) is 9.78 Å². The molecule has 1 heterocycles. The standard InChI is InChI=1S/C22H20N4O2/c1-14(12-23)13-26-21-18-10-16(5-4-15(18)6-7-20(21)28-3)17-8-9-25-19(11-17)22(27)24-2/h4-11,26H,1,13H2,2-3H3,(H,24,27). The molecular formula is C22H20N4O2. The lowest BCUT2D eigenvalue weighted by molar-refractivity contribution is 0.0958. The van der Waals surface area contributed by atoms with Crippen LogP contribution >= 0.6 is 0 Å². The highest BCUT2D eigenvalue weighted by molar-refractivity contribution is 6.00. The largest absolute Gasteiger partial charge is 0.495 e. The third-order valence-corrected chi connectivity index (χ3v) is 4.39. The highest BCUT2D eigenvalue weighted by Gasteiger charge is 2.11. The van der Waals surface area contributed by atoms with Crippen molar-refractivity contribution in [1.29, 1.82) is 5.26 Å². The predicted octanol–water partition coefficient (Wildman–Crippen LogP) is 3.76. The number of nitriles is 1. The van der Waals surface area contributed by atoms with Crippen molar-refractivity contribution in [1.82, 2.24) is 10.3 Å². The summed E-state index contributed by atoms with van der Waals surface area (Å²) in [7, 11) is 3.18. The van der Waals surface area contributed by atoms with Gasteiger partial charge < -0.3 is 15.4 Å². The van der Waals surface area contributed by atoms with Gasteiger partial charge in [0.25, 0.3) is 5.91 Å². The van der Waals surface area contributed by atoms with Crippen LogP contribution in [0.2, 0.25) is 0 Å². The van der Waals surface area contributed by atoms with Gasteiger partial charge in [-0.25, -0.2) is 0 Å². The zero-order chi connectivity index (χ0) is 20.1. The first-order valence-electron chi connectivity index (χ1n) is 8.68. The summed E-state index contributed by atoms with van der Waals surface area (Å²) in [6.45, 7) is 4.04. The third kappa shape index (κ3) is 3.79. The first kappa shape index (κ1) is 18.9. The van der Waals surface area contributed by atoms with Crippen molar-refractivity contribution in [2.45, 2.75) is 0 Å². The fraction of sp³-hybridized carbons (Fsp3) is 0.136. The Hall–Kier alpha value is -3.85. The minimum atomic E-state index is -0.235. The zero-order valence-corrected chi connectivity index (χ0v) is 15.7. The molecule has 0 radical (unpaired) electrons. The number of carbonyl (C=O) groups excluding carboxylic acids is 1. The van der Waals surface area contributed by atoms with Crippen molar-refractivity contribution >= 4 is 22.4 Å². The number of aromatic nitrogens is 1. The number of benzene rings is 2. The number of hydrogen-bond acceptors (Lipinski definition) is 5. The maximum atomic E-state index is 11.9. The van der Waals surface area contributed by atoms with Crippen LogP contribution in [0.4, 0.5) is 5.69 Å². The number of ether oxygens (including phenoxy) is 1. The van der Waals surface area contributed by atoms with E-state index in [-0.39, 0.29) is 5.91 Å². The maximum Gasteiger partial charge on any atom is 0.269 e. The van der Waals surface area contributed by atoms with E-state index in [1.54, 1.807) is 26.4 Å². The molecule has 1 aromatic heterocycles. The minimum absolute atomic E-state index is 0.235. The second kappa shape index (κ2) is 8.23. The first-order valence-corrected chi connectivity index (χ1v) is 8.68. The molecule has 3 aromatic rings. The van der Waals surface area contributed by atoms with Crippen molar-refractivity contribution in [3.8, 4) is 22.9 Å². The van der Waals surface area contributed by atoms with E-state index in [1.165, 1.54) is 0 Å². The molecule has 1 amide bonds. The highest BCUT2D eigenvalue weighted by Crippen LogP contribution is 2.36. The lowest BCUT2D eigenvalue weighted by Gasteiger charge is -2.15. The molecule has 0 unspecified atom stereocenters. The smallest absolute Gasteiger partial charge is 0.269 e. The topological polar surface area (TPSA) is 87.0 Å². The monoisotopic (exact) mass is 372 g/mol. The first-order chi connectivity index (χ1) is 13.6. The second-order valence-corrected chi connectivity index (χ2v) is 6.16. The Morgan fingerprint density at radius 3 is 2.68 bits per heavy atom. The van der Waals surface area contributed by atoms with Gasteiger partial charge in [0.1, 0.15) is 11.4 Å². The lowest BCUT2D eigenvalue weighted by atomic mass is 9.99. The van der Waals surface area contributed by atoms with Crippen molar-refractivity contribution in [2.75, 3.05) is 26.0 Å². The molecule has 6 nitrogen and oxygen atoms in total. The molecule has 140 valence electrons. The average Bonchev–Trinajstić information content (AvgIpc) is 2.76. The van der Waals surface area contributed by atoms with Crippen LogP contribution in [-0.4, -0.2) is 31.6 Å². The summed E-state index contributed by atoms with van der Waals surface area (Å²) in [5.41, 5.74) is 3.40. The summed E-state index contributed by atoms with van der Waals surface area (Å²) < 4.78 is 5.49. The normalized spacial score (nSPS) is 10.2. The van der Waals surface area contributed by atoms with Gasteiger partial charge >= 0.3 is 0 Å². The maximum absolute atomic E-state index is 11.9. The Balaban J connectivity index is 2.10. The molecule has 0 aliphatic heterocycles. The van der Waals surface area contributed by atoms with E-state index >= 15 is 0 Å². The highest BCUT2D eigenvalue weighted by atomic mass is 16.5. The molecule has 0 aliphatic carbocycles. The number of fused-ring (bicyclic) bond motifs is 1. The van der Waals surface area contributed by atoms with Crippen molar-refractivity contribution in [3.63, 3.8) is 0 Å². The number of hydrogen-bond donors (Lipinski definition) is 2. The number of methoxy groups -OCH3 is 1. The van der Waals surface area contributed by atoms with E-state index in [0.717, 1.165) is 27.6 Å². The van der Waals surface area contributed by atoms with E-state index in [9.17, 15) is 4.79 Å². The van der Waals surface area contributed by atoms with Gasteiger partial charge in [0.15, 0.2) is 0 Å². The molecule has 0 spiro atoms. The number of nitrogens with one attached hydrogen (secondary N) is 2. The second-order valence-electron chi connectivity index (χ2n) is 6.16. The molecule has 6 heteroatoms. The quantitative estimate of drug-likeness (QED) is 0.643. The van der Waals surface area contributed by atoms with Gasteiger partial charge in [-0.15, -0.1) is 0 Å². The lowest BCUT2D eigenvalue weighted by Crippen LogP contribution is -2.19. The summed E-state index contributed by atoms with van der Waals surface area (Å²) in [5.74, 6) is 0.442. The van der Waals surface area contributed by atoms with E-state index in [4.69, 9.17) is 10.00 Å². The Bertz CT molecular complexity index is 1100. The fourth-order valence-electron chi connectivity index (χ4n) is 2.93. The van der Waals surface area contributed by atoms with Crippen molar-refractivity contribution in [2.24, 2.45) is 0 Å². The van der Waals surface area contributed by atoms with Gasteiger partial charge in [-0.05, 0) is 40.8 Å². The Morgan fingerprint density at radius 2 is 1.96 bits per heavy atom. The number of amides is 1. The van der Waals surface area contributed by atoms with E-state index in [1.807, 2.05) is 42.5 Å². The molecule has 0 aliphatic rings. The van der Waals surface area contributed by atoms with Crippen LogP contribution in [0.5, 0.6) is 5.75 Å². The molecule has 0 fully saturated rings. The summed E-state index contributed by atoms with van der Waals surface area (Å²) in [6, 6.07) is 15.5. The van der Waals surface area contributed by atoms with Crippen LogP contribution < -0.4 is 15.4 Å². The number of pyridine rings is 1. The van der Waals surface area contributed by atoms with Crippen LogP contribution in [0.25, 0.3) is 21.9 Å². The number of rotatable bonds is 6. The van der Waals surface area contributed by atoms with Gasteiger partial charge in [0.05, 0.1) is 18.9 Å². The Morgan fingerprint density at radius 1 is 1.21 bits per heavy atom. The summed E-state index contributed by atoms with van der Waals surface area (Å²) in [5, 5.41) is 16.8. The van der Waals surface area contributed by atoms with Gasteiger partial charge in [0, 0.05) is 30.7 Å². The molecule has 0 atom stereocenters. The average molecular weight is 372 g/mol. The van der Waals surface area contributed by atoms with E-state index in [0.29, 0.717) is 23.6 Å². The molecule has 0 saturated carbocycles. The van der Waals surface area contributed by atoms with Gasteiger partial charge in [-0.1, -0.05) is 24.8 Å². The van der Waals surface area contributed by atoms with E-state index < -0.39 is 0 Å². The van der Waals surface area contributed by atoms with Gasteiger partial charge in [0.2, 0.25) is 0 Å². The van der Waals surface area contributed by atoms with Crippen LogP contribution in [0.15, 0.2) is 60.8 Å². The summed E-state index contributed by atoms with van der Waals surface area (Å²) >= 11 is 0. The number of anilines is 1. The fourth-order valence-corrected chi connectivity index (χ4v) is 2.93. The molecule has 2 N–H and O–H groups in total. The van der Waals surface area contributed by atoms with Crippen LogP contribution in [0.3, 0.4) is 0 Å². The zero-order valence-electron chi connectivity index (χ0n) is 15.7. The molecule has 2 aromatic carbocycles. The van der Waals surface area contributed by atoms with Crippen molar-refractivity contribution in [3.05, 3.63) is 66.5 Å². The minimum Gasteiger partial charge on any atom is -0.495 e. The Labute approximate surface area is 163 Å². The molecule has 0 bridgehead atoms. The summed E-state index contributed by atoms with van der Waals surface area (Å²) in [4.78, 5) is 16.0. The van der Waals surface area contributed by atoms with Gasteiger partial charge in [-0.2, -0.15) is 5.26 Å². The predicted molar refractivity (Wildman–Crippen MR) is 110 cm³/mol. The number of nitrogens with zero attached hydrogens (tertiary/aromatic N) is 2. The molecular weight excluding hydrogens is 352 g/mol. The van der Waals surface area contributed by atoms with E-state index in [2.05, 4.69) is 22.2 Å². The molecule has 28 heavy (non-hydrogen) atoms. The van der Waals surface area contributed by atoms with Crippen LogP contribution in [0, 0.1) is 11.3 Å². The van der Waals surface area contributed by atoms with Crippen molar-refractivity contribution < 1.29 is 9.53 Å². The SMILES string of the molecule is C=C(C#N)CNc1c(OC)ccc2ccc(-c3ccnc(C(=O)NC)c3)cc12. The van der Waals surface area contributed by atoms with Crippen LogP contribution in [0.1, 0.15) is 10.5 Å². The molecule has 0 saturated heterocycles. The van der Waals surface area contributed by atoms with Crippen LogP contribution in [-0.2, 0) is 0 Å². The summed E-state index contributed by atoms with van der Waals surface area (Å²) in [6.07, 6.45) is 1.62. The number of carbonyl (C=O) groups is 1. The molecule has 3 rings (SSSR count).